The maximum absolute atomic E-state index is 8.74. The van der Waals surface area contributed by atoms with E-state index in [9.17, 15) is 0 Å². The molecule has 4 nitrogen and oxygen atoms in total. The highest BCUT2D eigenvalue weighted by Gasteiger charge is 2.12. The van der Waals surface area contributed by atoms with Crippen LogP contribution in [0.2, 0.25) is 0 Å². The summed E-state index contributed by atoms with van der Waals surface area (Å²) >= 11 is 1.43. The van der Waals surface area contributed by atoms with Gasteiger partial charge in [0.1, 0.15) is 11.3 Å². The van der Waals surface area contributed by atoms with Gasteiger partial charge in [-0.15, -0.1) is 0 Å². The molecule has 0 radical (unpaired) electrons. The summed E-state index contributed by atoms with van der Waals surface area (Å²) in [7, 11) is 3.18. The molecule has 16 heavy (non-hydrogen) atoms. The molecule has 5 heteroatoms. The van der Waals surface area contributed by atoms with Crippen LogP contribution in [0.15, 0.2) is 12.1 Å². The van der Waals surface area contributed by atoms with Crippen molar-refractivity contribution in [2.75, 3.05) is 14.2 Å². The van der Waals surface area contributed by atoms with Gasteiger partial charge < -0.3 is 9.47 Å². The van der Waals surface area contributed by atoms with Gasteiger partial charge in [0, 0.05) is 0 Å². The molecule has 1 aromatic heterocycles. The number of benzene rings is 1. The molecule has 0 N–H and O–H groups in total. The van der Waals surface area contributed by atoms with Crippen LogP contribution in [0.5, 0.6) is 10.9 Å². The van der Waals surface area contributed by atoms with E-state index in [0.717, 1.165) is 15.8 Å². The summed E-state index contributed by atoms with van der Waals surface area (Å²) in [6.45, 7) is 0. The van der Waals surface area contributed by atoms with Crippen LogP contribution in [0.1, 0.15) is 5.56 Å². The van der Waals surface area contributed by atoms with Gasteiger partial charge in [0.2, 0.25) is 0 Å². The van der Waals surface area contributed by atoms with E-state index in [-0.39, 0.29) is 0 Å². The van der Waals surface area contributed by atoms with Crippen molar-refractivity contribution in [3.63, 3.8) is 0 Å². The van der Waals surface area contributed by atoms with E-state index in [4.69, 9.17) is 14.7 Å². The Morgan fingerprint density at radius 2 is 2.19 bits per heavy atom. The fourth-order valence-electron chi connectivity index (χ4n) is 1.49. The molecule has 2 aromatic rings. The van der Waals surface area contributed by atoms with Crippen LogP contribution in [0.25, 0.3) is 10.2 Å². The first-order valence-electron chi connectivity index (χ1n) is 4.67. The van der Waals surface area contributed by atoms with E-state index in [0.29, 0.717) is 17.4 Å². The Balaban J connectivity index is 2.68. The number of aromatic nitrogens is 1. The number of thiazole rings is 1. The third kappa shape index (κ3) is 1.68. The fraction of sp³-hybridized carbons (Fsp3) is 0.273. The second-order valence-corrected chi connectivity index (χ2v) is 4.09. The number of hydrogen-bond donors (Lipinski definition) is 0. The molecule has 2 rings (SSSR count). The van der Waals surface area contributed by atoms with Crippen LogP contribution in [-0.2, 0) is 6.42 Å². The van der Waals surface area contributed by atoms with Crippen LogP contribution < -0.4 is 9.47 Å². The van der Waals surface area contributed by atoms with Gasteiger partial charge in [0.05, 0.1) is 31.4 Å². The van der Waals surface area contributed by atoms with Crippen LogP contribution in [0.4, 0.5) is 0 Å². The van der Waals surface area contributed by atoms with Gasteiger partial charge in [0.15, 0.2) is 0 Å². The molecule has 82 valence electrons. The highest BCUT2D eigenvalue weighted by molar-refractivity contribution is 7.20. The lowest BCUT2D eigenvalue weighted by molar-refractivity contribution is 0.408. The van der Waals surface area contributed by atoms with Crippen molar-refractivity contribution < 1.29 is 9.47 Å². The van der Waals surface area contributed by atoms with Gasteiger partial charge in [-0.3, -0.25) is 0 Å². The van der Waals surface area contributed by atoms with Crippen LogP contribution in [0, 0.1) is 11.3 Å². The smallest absolute Gasteiger partial charge is 0.274 e. The number of methoxy groups -OCH3 is 2. The zero-order valence-electron chi connectivity index (χ0n) is 8.98. The summed E-state index contributed by atoms with van der Waals surface area (Å²) in [4.78, 5) is 4.31. The lowest BCUT2D eigenvalue weighted by Gasteiger charge is -2.02. The molecule has 1 aromatic carbocycles. The maximum Gasteiger partial charge on any atom is 0.274 e. The first kappa shape index (κ1) is 10.7. The number of fused-ring (bicyclic) bond motifs is 1. The van der Waals surface area contributed by atoms with Crippen molar-refractivity contribution in [3.05, 3.63) is 17.7 Å². The molecule has 0 unspecified atom stereocenters. The summed E-state index contributed by atoms with van der Waals surface area (Å²) in [6, 6.07) is 5.86. The summed E-state index contributed by atoms with van der Waals surface area (Å²) in [5, 5.41) is 9.32. The average Bonchev–Trinajstić information content (AvgIpc) is 2.74. The molecule has 0 saturated heterocycles. The first-order valence-corrected chi connectivity index (χ1v) is 5.49. The number of nitrogens with zero attached hydrogens (tertiary/aromatic N) is 2. The van der Waals surface area contributed by atoms with Gasteiger partial charge in [0.25, 0.3) is 5.19 Å². The number of ether oxygens (including phenoxy) is 2. The third-order valence-corrected chi connectivity index (χ3v) is 3.32. The van der Waals surface area contributed by atoms with Gasteiger partial charge in [-0.05, 0) is 11.6 Å². The van der Waals surface area contributed by atoms with Crippen molar-refractivity contribution >= 4 is 21.6 Å². The first-order chi connectivity index (χ1) is 7.80. The minimum Gasteiger partial charge on any atom is -0.494 e. The number of nitriles is 1. The molecular weight excluding hydrogens is 224 g/mol. The number of rotatable bonds is 3. The van der Waals surface area contributed by atoms with E-state index in [2.05, 4.69) is 11.1 Å². The van der Waals surface area contributed by atoms with Crippen molar-refractivity contribution in [2.45, 2.75) is 6.42 Å². The van der Waals surface area contributed by atoms with Crippen molar-refractivity contribution in [1.82, 2.24) is 4.98 Å². The molecule has 1 heterocycles. The predicted molar refractivity (Wildman–Crippen MR) is 62.0 cm³/mol. The fourth-order valence-corrected chi connectivity index (χ4v) is 2.40. The zero-order valence-corrected chi connectivity index (χ0v) is 9.80. The Kier molecular flexibility index (Phi) is 2.93. The summed E-state index contributed by atoms with van der Waals surface area (Å²) in [5.41, 5.74) is 1.72. The Morgan fingerprint density at radius 1 is 1.38 bits per heavy atom. The minimum atomic E-state index is 0.367. The van der Waals surface area contributed by atoms with Crippen LogP contribution >= 0.6 is 11.3 Å². The number of hydrogen-bond acceptors (Lipinski definition) is 5. The highest BCUT2D eigenvalue weighted by atomic mass is 32.1. The second kappa shape index (κ2) is 4.37. The molecule has 0 fully saturated rings. The van der Waals surface area contributed by atoms with Crippen LogP contribution in [0.3, 0.4) is 0 Å². The molecule has 0 aliphatic carbocycles. The van der Waals surface area contributed by atoms with E-state index in [1.165, 1.54) is 11.3 Å². The Labute approximate surface area is 97.1 Å². The Morgan fingerprint density at radius 3 is 2.81 bits per heavy atom. The van der Waals surface area contributed by atoms with Gasteiger partial charge in [-0.1, -0.05) is 17.4 Å². The van der Waals surface area contributed by atoms with Crippen molar-refractivity contribution in [2.24, 2.45) is 0 Å². The Hall–Kier alpha value is -1.80. The average molecular weight is 234 g/mol. The molecule has 0 aliphatic rings. The summed E-state index contributed by atoms with van der Waals surface area (Å²) < 4.78 is 11.3. The topological polar surface area (TPSA) is 55.1 Å². The summed E-state index contributed by atoms with van der Waals surface area (Å²) in [6.07, 6.45) is 0.367. The highest BCUT2D eigenvalue weighted by Crippen LogP contribution is 2.36. The van der Waals surface area contributed by atoms with Crippen LogP contribution in [-0.4, -0.2) is 19.2 Å². The summed E-state index contributed by atoms with van der Waals surface area (Å²) in [5.74, 6) is 0.705. The van der Waals surface area contributed by atoms with Gasteiger partial charge in [-0.2, -0.15) is 10.2 Å². The normalized spacial score (nSPS) is 10.1. The largest absolute Gasteiger partial charge is 0.494 e. The maximum atomic E-state index is 8.74. The third-order valence-electron chi connectivity index (χ3n) is 2.23. The standard InChI is InChI=1S/C11H10N2O2S/c1-14-8-4-3-7(5-6-12)10-9(8)13-11(15-2)16-10/h3-4H,5H2,1-2H3. The van der Waals surface area contributed by atoms with Crippen molar-refractivity contribution in [3.8, 4) is 17.0 Å². The molecule has 0 bridgehead atoms. The molecule has 0 saturated carbocycles. The lowest BCUT2D eigenvalue weighted by atomic mass is 10.1. The monoisotopic (exact) mass is 234 g/mol. The van der Waals surface area contributed by atoms with E-state index in [1.807, 2.05) is 12.1 Å². The van der Waals surface area contributed by atoms with Crippen molar-refractivity contribution in [1.29, 1.82) is 5.26 Å². The zero-order chi connectivity index (χ0) is 11.5. The molecule has 0 aliphatic heterocycles. The molecule has 0 amide bonds. The Bertz CT molecular complexity index is 557. The van der Waals surface area contributed by atoms with E-state index >= 15 is 0 Å². The predicted octanol–water partition coefficient (Wildman–Crippen LogP) is 2.38. The minimum absolute atomic E-state index is 0.367. The molecule has 0 atom stereocenters. The van der Waals surface area contributed by atoms with E-state index < -0.39 is 0 Å². The van der Waals surface area contributed by atoms with Gasteiger partial charge >= 0.3 is 0 Å². The molecule has 0 spiro atoms. The molecular formula is C11H10N2O2S. The lowest BCUT2D eigenvalue weighted by Crippen LogP contribution is -1.88. The van der Waals surface area contributed by atoms with E-state index in [1.54, 1.807) is 14.2 Å². The van der Waals surface area contributed by atoms with Gasteiger partial charge in [-0.25, -0.2) is 0 Å². The quantitative estimate of drug-likeness (QED) is 0.818. The second-order valence-electron chi connectivity index (χ2n) is 3.12. The SMILES string of the molecule is COc1nc2c(OC)ccc(CC#N)c2s1.